The number of hydrogen-bond acceptors (Lipinski definition) is 8. The average Bonchev–Trinajstić information content (AvgIpc) is 3.37. The van der Waals surface area contributed by atoms with Crippen LogP contribution in [0.25, 0.3) is 0 Å². The minimum absolute atomic E-state index is 0.00842. The molecule has 0 radical (unpaired) electrons. The number of aromatic amines is 1. The average molecular weight is 418 g/mol. The predicted octanol–water partition coefficient (Wildman–Crippen LogP) is 1.92. The Labute approximate surface area is 166 Å². The van der Waals surface area contributed by atoms with E-state index in [2.05, 4.69) is 26.0 Å². The summed E-state index contributed by atoms with van der Waals surface area (Å²) in [5.74, 6) is -0.429. The van der Waals surface area contributed by atoms with Crippen molar-refractivity contribution in [3.05, 3.63) is 68.2 Å². The minimum atomic E-state index is -0.654. The standard InChI is InChI=1S/C16H14N6O4S2/c23-14(19-20-15(24)10-3-1-4-11(7-10)22(25)26)9-28-16-17-13(18-21-16)8-12-5-2-6-27-12/h1-7H,8-9H2,(H,19,23)(H,20,24)(H,17,18,21). The largest absolute Gasteiger partial charge is 0.272 e. The first-order chi connectivity index (χ1) is 13.5. The van der Waals surface area contributed by atoms with Crippen LogP contribution < -0.4 is 10.9 Å². The van der Waals surface area contributed by atoms with Gasteiger partial charge in [-0.15, -0.1) is 16.4 Å². The lowest BCUT2D eigenvalue weighted by molar-refractivity contribution is -0.384. The Morgan fingerprint density at radius 2 is 2.11 bits per heavy atom. The molecule has 10 nitrogen and oxygen atoms in total. The number of nitrogens with one attached hydrogen (secondary N) is 3. The molecule has 0 unspecified atom stereocenters. The third-order valence-electron chi connectivity index (χ3n) is 3.40. The number of hydrazine groups is 1. The summed E-state index contributed by atoms with van der Waals surface area (Å²) in [6.07, 6.45) is 0.636. The molecule has 0 fully saturated rings. The van der Waals surface area contributed by atoms with Gasteiger partial charge in [-0.05, 0) is 17.5 Å². The van der Waals surface area contributed by atoms with Gasteiger partial charge in [-0.25, -0.2) is 4.98 Å². The molecule has 2 amide bonds. The van der Waals surface area contributed by atoms with Gasteiger partial charge in [-0.3, -0.25) is 35.7 Å². The second kappa shape index (κ2) is 9.10. The maximum Gasteiger partial charge on any atom is 0.270 e. The van der Waals surface area contributed by atoms with Gasteiger partial charge >= 0.3 is 0 Å². The number of nitrogens with zero attached hydrogens (tertiary/aromatic N) is 3. The Hall–Kier alpha value is -3.25. The number of thiophene rings is 1. The van der Waals surface area contributed by atoms with Gasteiger partial charge in [-0.2, -0.15) is 0 Å². The number of carbonyl (C=O) groups is 2. The molecule has 0 aliphatic rings. The van der Waals surface area contributed by atoms with Gasteiger partial charge in [0.15, 0.2) is 0 Å². The molecular weight excluding hydrogens is 404 g/mol. The molecule has 144 valence electrons. The molecule has 0 saturated carbocycles. The van der Waals surface area contributed by atoms with E-state index in [4.69, 9.17) is 0 Å². The van der Waals surface area contributed by atoms with Crippen molar-refractivity contribution < 1.29 is 14.5 Å². The normalized spacial score (nSPS) is 10.4. The zero-order valence-electron chi connectivity index (χ0n) is 14.2. The molecule has 3 N–H and O–H groups in total. The van der Waals surface area contributed by atoms with Crippen LogP contribution in [0.1, 0.15) is 21.1 Å². The molecule has 0 bridgehead atoms. The van der Waals surface area contributed by atoms with E-state index in [1.807, 2.05) is 17.5 Å². The highest BCUT2D eigenvalue weighted by Gasteiger charge is 2.13. The molecule has 3 aromatic rings. The first-order valence-corrected chi connectivity index (χ1v) is 9.78. The highest BCUT2D eigenvalue weighted by Crippen LogP contribution is 2.16. The lowest BCUT2D eigenvalue weighted by Gasteiger charge is -2.06. The summed E-state index contributed by atoms with van der Waals surface area (Å²) in [5.41, 5.74) is 4.32. The van der Waals surface area contributed by atoms with Gasteiger partial charge in [-0.1, -0.05) is 23.9 Å². The van der Waals surface area contributed by atoms with E-state index in [9.17, 15) is 19.7 Å². The molecule has 2 heterocycles. The summed E-state index contributed by atoms with van der Waals surface area (Å²) in [6.45, 7) is 0. The van der Waals surface area contributed by atoms with Crippen LogP contribution in [-0.4, -0.2) is 37.7 Å². The number of benzene rings is 1. The van der Waals surface area contributed by atoms with Gasteiger partial charge in [0, 0.05) is 29.0 Å². The molecule has 12 heteroatoms. The fraction of sp³-hybridized carbons (Fsp3) is 0.125. The predicted molar refractivity (Wildman–Crippen MR) is 103 cm³/mol. The van der Waals surface area contributed by atoms with E-state index in [0.717, 1.165) is 22.7 Å². The Morgan fingerprint density at radius 1 is 1.25 bits per heavy atom. The van der Waals surface area contributed by atoms with Crippen molar-refractivity contribution in [2.24, 2.45) is 0 Å². The second-order valence-corrected chi connectivity index (χ2v) is 7.39. The fourth-order valence-electron chi connectivity index (χ4n) is 2.13. The van der Waals surface area contributed by atoms with Crippen LogP contribution in [-0.2, 0) is 11.2 Å². The summed E-state index contributed by atoms with van der Waals surface area (Å²) in [4.78, 5) is 39.4. The number of carbonyl (C=O) groups excluding carboxylic acids is 2. The van der Waals surface area contributed by atoms with E-state index >= 15 is 0 Å². The van der Waals surface area contributed by atoms with Gasteiger partial charge in [0.25, 0.3) is 11.6 Å². The SMILES string of the molecule is O=C(CSc1n[nH]c(Cc2cccs2)n1)NNC(=O)c1cccc([N+](=O)[O-])c1. The van der Waals surface area contributed by atoms with Gasteiger partial charge < -0.3 is 0 Å². The number of non-ortho nitro benzene ring substituents is 1. The van der Waals surface area contributed by atoms with Crippen molar-refractivity contribution >= 4 is 40.6 Å². The number of thioether (sulfide) groups is 1. The summed E-state index contributed by atoms with van der Waals surface area (Å²) in [5, 5.41) is 20.0. The van der Waals surface area contributed by atoms with Crippen molar-refractivity contribution in [3.63, 3.8) is 0 Å². The first-order valence-electron chi connectivity index (χ1n) is 7.91. The number of H-pyrrole nitrogens is 1. The number of amides is 2. The van der Waals surface area contributed by atoms with Crippen LogP contribution >= 0.6 is 23.1 Å². The Morgan fingerprint density at radius 3 is 2.86 bits per heavy atom. The Bertz CT molecular complexity index is 989. The van der Waals surface area contributed by atoms with E-state index in [1.54, 1.807) is 11.3 Å². The summed E-state index contributed by atoms with van der Waals surface area (Å²) in [6, 6.07) is 9.15. The first kappa shape index (κ1) is 19.5. The van der Waals surface area contributed by atoms with Crippen molar-refractivity contribution in [1.29, 1.82) is 0 Å². The molecule has 0 spiro atoms. The van der Waals surface area contributed by atoms with Crippen LogP contribution in [0.3, 0.4) is 0 Å². The fourth-order valence-corrected chi connectivity index (χ4v) is 3.45. The highest BCUT2D eigenvalue weighted by atomic mass is 32.2. The third kappa shape index (κ3) is 5.37. The Kier molecular flexibility index (Phi) is 6.34. The third-order valence-corrected chi connectivity index (χ3v) is 5.12. The number of aromatic nitrogens is 3. The summed E-state index contributed by atoms with van der Waals surface area (Å²) >= 11 is 2.73. The molecule has 2 aromatic heterocycles. The number of hydrogen-bond donors (Lipinski definition) is 3. The van der Waals surface area contributed by atoms with Crippen molar-refractivity contribution in [2.45, 2.75) is 11.6 Å². The lowest BCUT2D eigenvalue weighted by Crippen LogP contribution is -2.42. The van der Waals surface area contributed by atoms with E-state index in [1.165, 1.54) is 18.2 Å². The summed E-state index contributed by atoms with van der Waals surface area (Å²) in [7, 11) is 0. The maximum atomic E-state index is 12.0. The Balaban J connectivity index is 1.44. The van der Waals surface area contributed by atoms with Crippen LogP contribution in [0, 0.1) is 10.1 Å². The molecule has 0 aliphatic carbocycles. The van der Waals surface area contributed by atoms with E-state index in [0.29, 0.717) is 17.4 Å². The highest BCUT2D eigenvalue weighted by molar-refractivity contribution is 7.99. The zero-order valence-corrected chi connectivity index (χ0v) is 15.9. The summed E-state index contributed by atoms with van der Waals surface area (Å²) < 4.78 is 0. The monoisotopic (exact) mass is 418 g/mol. The van der Waals surface area contributed by atoms with Crippen molar-refractivity contribution in [3.8, 4) is 0 Å². The van der Waals surface area contributed by atoms with E-state index < -0.39 is 16.7 Å². The molecule has 1 aromatic carbocycles. The number of nitro benzene ring substituents is 1. The van der Waals surface area contributed by atoms with Crippen LogP contribution in [0.5, 0.6) is 0 Å². The van der Waals surface area contributed by atoms with Crippen molar-refractivity contribution in [1.82, 2.24) is 26.0 Å². The van der Waals surface area contributed by atoms with Gasteiger partial charge in [0.05, 0.1) is 10.7 Å². The van der Waals surface area contributed by atoms with E-state index in [-0.39, 0.29) is 17.0 Å². The molecule has 28 heavy (non-hydrogen) atoms. The minimum Gasteiger partial charge on any atom is -0.272 e. The van der Waals surface area contributed by atoms with Gasteiger partial charge in [0.2, 0.25) is 11.1 Å². The molecular formula is C16H14N6O4S2. The lowest BCUT2D eigenvalue weighted by atomic mass is 10.2. The smallest absolute Gasteiger partial charge is 0.270 e. The molecule has 0 saturated heterocycles. The second-order valence-electron chi connectivity index (χ2n) is 5.42. The van der Waals surface area contributed by atoms with Crippen LogP contribution in [0.15, 0.2) is 46.9 Å². The van der Waals surface area contributed by atoms with Gasteiger partial charge in [0.1, 0.15) is 5.82 Å². The quantitative estimate of drug-likeness (QED) is 0.302. The number of nitro groups is 1. The molecule has 0 atom stereocenters. The topological polar surface area (TPSA) is 143 Å². The van der Waals surface area contributed by atoms with Crippen LogP contribution in [0.2, 0.25) is 0 Å². The maximum absolute atomic E-state index is 12.0. The van der Waals surface area contributed by atoms with Crippen molar-refractivity contribution in [2.75, 3.05) is 5.75 Å². The zero-order chi connectivity index (χ0) is 19.9. The molecule has 0 aliphatic heterocycles. The number of rotatable bonds is 7. The van der Waals surface area contributed by atoms with Crippen LogP contribution in [0.4, 0.5) is 5.69 Å². The molecule has 3 rings (SSSR count).